The van der Waals surface area contributed by atoms with E-state index in [1.807, 2.05) is 79.5 Å². The van der Waals surface area contributed by atoms with Gasteiger partial charge in [0.2, 0.25) is 0 Å². The average molecular weight is 499 g/mol. The second kappa shape index (κ2) is 18.2. The minimum Gasteiger partial charge on any atom is -0.355 e. The molecule has 1 aromatic carbocycles. The highest BCUT2D eigenvalue weighted by atomic mass is 16.1. The summed E-state index contributed by atoms with van der Waals surface area (Å²) in [4.78, 5) is 19.4. The maximum absolute atomic E-state index is 12.3. The van der Waals surface area contributed by atoms with Crippen molar-refractivity contribution >= 4 is 17.4 Å². The van der Waals surface area contributed by atoms with E-state index < -0.39 is 0 Å². The van der Waals surface area contributed by atoms with Gasteiger partial charge in [-0.2, -0.15) is 0 Å². The van der Waals surface area contributed by atoms with E-state index in [1.54, 1.807) is 7.05 Å². The van der Waals surface area contributed by atoms with E-state index in [0.717, 1.165) is 53.4 Å². The third kappa shape index (κ3) is 8.26. The van der Waals surface area contributed by atoms with Gasteiger partial charge in [0.25, 0.3) is 5.91 Å². The van der Waals surface area contributed by atoms with E-state index in [2.05, 4.69) is 52.5 Å². The molecule has 0 bridgehead atoms. The first kappa shape index (κ1) is 32.9. The second-order valence-electron chi connectivity index (χ2n) is 7.06. The minimum atomic E-state index is -0.0367. The topological polar surface area (TPSA) is 72.5 Å². The number of carbonyl (C=O) groups excluding carboxylic acids is 1. The lowest BCUT2D eigenvalue weighted by Crippen LogP contribution is -2.36. The number of nitrogens with zero attached hydrogens (tertiary/aromatic N) is 3. The van der Waals surface area contributed by atoms with E-state index in [1.165, 1.54) is 5.56 Å². The molecule has 36 heavy (non-hydrogen) atoms. The smallest absolute Gasteiger partial charge is 0.251 e. The summed E-state index contributed by atoms with van der Waals surface area (Å²) < 4.78 is 0. The fraction of sp³-hybridized carbons (Fsp3) is 0.517. The first-order chi connectivity index (χ1) is 17.6. The fourth-order valence-corrected chi connectivity index (χ4v) is 3.79. The summed E-state index contributed by atoms with van der Waals surface area (Å²) in [6.07, 6.45) is 2.96. The van der Waals surface area contributed by atoms with Crippen molar-refractivity contribution in [2.45, 2.75) is 82.2 Å². The van der Waals surface area contributed by atoms with Crippen LogP contribution < -0.4 is 21.2 Å². The highest BCUT2D eigenvalue weighted by molar-refractivity contribution is 5.96. The highest BCUT2D eigenvalue weighted by Crippen LogP contribution is 2.28. The fourth-order valence-electron chi connectivity index (χ4n) is 3.79. The summed E-state index contributed by atoms with van der Waals surface area (Å²) in [7, 11) is 1.67. The van der Waals surface area contributed by atoms with Gasteiger partial charge in [0.1, 0.15) is 5.82 Å². The van der Waals surface area contributed by atoms with Gasteiger partial charge in [-0.05, 0) is 49.6 Å². The quantitative estimate of drug-likeness (QED) is 0.476. The Morgan fingerprint density at radius 2 is 1.69 bits per heavy atom. The van der Waals surface area contributed by atoms with Crippen molar-refractivity contribution in [3.63, 3.8) is 0 Å². The van der Waals surface area contributed by atoms with Gasteiger partial charge in [-0.3, -0.25) is 9.80 Å². The number of benzene rings is 1. The van der Waals surface area contributed by atoms with Crippen molar-refractivity contribution in [1.29, 1.82) is 0 Å². The maximum Gasteiger partial charge on any atom is 0.251 e. The van der Waals surface area contributed by atoms with Gasteiger partial charge in [0.05, 0.1) is 5.70 Å². The van der Waals surface area contributed by atoms with Crippen molar-refractivity contribution in [2.24, 2.45) is 0 Å². The molecule has 0 saturated carbocycles. The molecular formula is C29H50N6O. The molecule has 202 valence electrons. The van der Waals surface area contributed by atoms with E-state index in [0.29, 0.717) is 6.54 Å². The van der Waals surface area contributed by atoms with E-state index in [9.17, 15) is 4.79 Å². The third-order valence-electron chi connectivity index (χ3n) is 5.39. The van der Waals surface area contributed by atoms with Gasteiger partial charge in [-0.25, -0.2) is 4.98 Å². The van der Waals surface area contributed by atoms with Gasteiger partial charge >= 0.3 is 0 Å². The van der Waals surface area contributed by atoms with Crippen molar-refractivity contribution in [3.05, 3.63) is 64.5 Å². The molecule has 1 aromatic heterocycles. The molecule has 0 unspecified atom stereocenters. The predicted octanol–water partition coefficient (Wildman–Crippen LogP) is 6.06. The molecule has 0 fully saturated rings. The highest BCUT2D eigenvalue weighted by Gasteiger charge is 2.23. The van der Waals surface area contributed by atoms with Crippen LogP contribution in [0.3, 0.4) is 0 Å². The Morgan fingerprint density at radius 3 is 2.25 bits per heavy atom. The molecule has 0 atom stereocenters. The number of aromatic nitrogens is 1. The Labute approximate surface area is 220 Å². The van der Waals surface area contributed by atoms with Crippen LogP contribution in [0.15, 0.2) is 36.5 Å². The molecule has 2 aliphatic heterocycles. The van der Waals surface area contributed by atoms with Gasteiger partial charge in [-0.15, -0.1) is 5.53 Å². The first-order valence-electron chi connectivity index (χ1n) is 13.7. The van der Waals surface area contributed by atoms with E-state index >= 15 is 0 Å². The summed E-state index contributed by atoms with van der Waals surface area (Å²) in [5, 5.41) is 4.74. The van der Waals surface area contributed by atoms with Crippen molar-refractivity contribution in [1.82, 2.24) is 26.3 Å². The molecule has 7 heteroatoms. The average Bonchev–Trinajstić information content (AvgIpc) is 3.45. The molecule has 2 aromatic rings. The van der Waals surface area contributed by atoms with Crippen molar-refractivity contribution < 1.29 is 4.79 Å². The van der Waals surface area contributed by atoms with Crippen LogP contribution >= 0.6 is 0 Å². The Morgan fingerprint density at radius 1 is 1.03 bits per heavy atom. The summed E-state index contributed by atoms with van der Waals surface area (Å²) in [5.74, 6) is 0.905. The number of hydrogen-bond donors (Lipinski definition) is 3. The lowest BCUT2D eigenvalue weighted by molar-refractivity contribution is 0.0962. The minimum absolute atomic E-state index is 0.0367. The van der Waals surface area contributed by atoms with Crippen LogP contribution in [0.1, 0.15) is 95.1 Å². The van der Waals surface area contributed by atoms with Crippen LogP contribution in [-0.4, -0.2) is 36.0 Å². The van der Waals surface area contributed by atoms with Crippen LogP contribution in [0.5, 0.6) is 0 Å². The summed E-state index contributed by atoms with van der Waals surface area (Å²) in [5.41, 5.74) is 12.5. The predicted molar refractivity (Wildman–Crippen MR) is 156 cm³/mol. The van der Waals surface area contributed by atoms with Crippen LogP contribution in [0.4, 0.5) is 5.82 Å². The number of pyridine rings is 1. The SMILES string of the molecule is CC.CC.CC.CC.CCN1C=C(c2ccc(N3CCc4cccc(C(=O)NC)c4C3)nc2C)NN1. The van der Waals surface area contributed by atoms with Crippen LogP contribution in [-0.2, 0) is 13.0 Å². The van der Waals surface area contributed by atoms with Gasteiger partial charge in [-0.1, -0.05) is 67.5 Å². The van der Waals surface area contributed by atoms with Crippen LogP contribution in [0, 0.1) is 6.92 Å². The van der Waals surface area contributed by atoms with Crippen LogP contribution in [0.2, 0.25) is 0 Å². The summed E-state index contributed by atoms with van der Waals surface area (Å²) >= 11 is 0. The van der Waals surface area contributed by atoms with E-state index in [-0.39, 0.29) is 5.91 Å². The summed E-state index contributed by atoms with van der Waals surface area (Å²) in [6, 6.07) is 10.1. The molecule has 0 radical (unpaired) electrons. The maximum atomic E-state index is 12.3. The van der Waals surface area contributed by atoms with E-state index in [4.69, 9.17) is 4.98 Å². The number of anilines is 1. The third-order valence-corrected chi connectivity index (χ3v) is 5.39. The zero-order valence-electron chi connectivity index (χ0n) is 24.5. The standard InChI is InChI=1S/C21H26N6O.4C2H6/c1-4-27-13-19(24-25-27)16-8-9-20(23-14(16)2)26-11-10-15-6-5-7-17(18(15)12-26)21(28)22-3;4*1-2/h5-9,13,24-25H,4,10-12H2,1-3H3,(H,22,28);4*1-2H3. The molecular weight excluding hydrogens is 448 g/mol. The van der Waals surface area contributed by atoms with Gasteiger partial charge in [0.15, 0.2) is 0 Å². The molecule has 4 rings (SSSR count). The lowest BCUT2D eigenvalue weighted by atomic mass is 9.94. The molecule has 3 N–H and O–H groups in total. The second-order valence-corrected chi connectivity index (χ2v) is 7.06. The Bertz CT molecular complexity index is 941. The molecule has 1 amide bonds. The number of hydrazine groups is 2. The molecule has 7 nitrogen and oxygen atoms in total. The first-order valence-corrected chi connectivity index (χ1v) is 13.7. The zero-order valence-corrected chi connectivity index (χ0v) is 24.5. The molecule has 3 heterocycles. The number of carbonyl (C=O) groups is 1. The number of amides is 1. The Hall–Kier alpha value is -3.06. The number of nitrogens with one attached hydrogen (secondary N) is 3. The molecule has 2 aliphatic rings. The largest absolute Gasteiger partial charge is 0.355 e. The molecule has 0 spiro atoms. The van der Waals surface area contributed by atoms with Crippen molar-refractivity contribution in [3.8, 4) is 0 Å². The molecule has 0 aliphatic carbocycles. The van der Waals surface area contributed by atoms with Crippen molar-refractivity contribution in [2.75, 3.05) is 25.0 Å². The molecule has 0 saturated heterocycles. The number of hydrogen-bond acceptors (Lipinski definition) is 6. The van der Waals surface area contributed by atoms with Crippen LogP contribution in [0.25, 0.3) is 5.70 Å². The Balaban J connectivity index is 0.00000140. The number of rotatable bonds is 4. The lowest BCUT2D eigenvalue weighted by Gasteiger charge is -2.31. The number of fused-ring (bicyclic) bond motifs is 1. The normalized spacial score (nSPS) is 12.9. The number of aryl methyl sites for hydroxylation is 1. The van der Waals surface area contributed by atoms with Gasteiger partial charge < -0.3 is 15.6 Å². The Kier molecular flexibility index (Phi) is 16.7. The zero-order chi connectivity index (χ0) is 27.7. The monoisotopic (exact) mass is 498 g/mol. The summed E-state index contributed by atoms with van der Waals surface area (Å²) in [6.45, 7) is 22.6. The van der Waals surface area contributed by atoms with Gasteiger partial charge in [0, 0.05) is 49.7 Å².